The topological polar surface area (TPSA) is 100 Å². The monoisotopic (exact) mass is 477 g/mol. The number of pyridine rings is 2. The number of carbonyl (C=O) groups is 1. The Morgan fingerprint density at radius 3 is 2.82 bits per heavy atom. The summed E-state index contributed by atoms with van der Waals surface area (Å²) in [4.78, 5) is 38.0. The molecule has 1 aliphatic carbocycles. The Morgan fingerprint density at radius 1 is 1.24 bits per heavy atom. The largest absolute Gasteiger partial charge is 0.396 e. The van der Waals surface area contributed by atoms with E-state index in [0.29, 0.717) is 31.1 Å². The Hall–Kier alpha value is -2.88. The second-order valence-electron chi connectivity index (χ2n) is 9.50. The second-order valence-corrected chi connectivity index (χ2v) is 10.5. The minimum atomic E-state index is -0.425. The lowest BCUT2D eigenvalue weighted by Crippen LogP contribution is -2.46. The molecule has 1 saturated carbocycles. The lowest BCUT2D eigenvalue weighted by Gasteiger charge is -2.37. The van der Waals surface area contributed by atoms with Crippen LogP contribution in [0.25, 0.3) is 11.1 Å². The van der Waals surface area contributed by atoms with Crippen molar-refractivity contribution in [3.05, 3.63) is 69.3 Å². The van der Waals surface area contributed by atoms with Crippen LogP contribution in [0.3, 0.4) is 0 Å². The summed E-state index contributed by atoms with van der Waals surface area (Å²) in [6.45, 7) is 1.61. The molecule has 2 aliphatic heterocycles. The SMILES string of the molecule is O=C(NCC1CC1)[C@H]1[C@H](CO)[C@H]2Cn3c(ccc(-c4cccnc4)c3=O)[C@@H]1N2Cc1nccs1. The molecule has 1 amide bonds. The number of carbonyl (C=O) groups excluding carboxylic acids is 1. The molecule has 0 radical (unpaired) electrons. The smallest absolute Gasteiger partial charge is 0.258 e. The quantitative estimate of drug-likeness (QED) is 0.540. The maximum Gasteiger partial charge on any atom is 0.258 e. The van der Waals surface area contributed by atoms with Crippen LogP contribution in [-0.2, 0) is 17.9 Å². The molecule has 4 atom stereocenters. The average Bonchev–Trinajstić information content (AvgIpc) is 3.50. The van der Waals surface area contributed by atoms with Gasteiger partial charge in [0.25, 0.3) is 5.56 Å². The lowest BCUT2D eigenvalue weighted by atomic mass is 9.86. The van der Waals surface area contributed by atoms with Crippen molar-refractivity contribution in [2.75, 3.05) is 13.2 Å². The van der Waals surface area contributed by atoms with Crippen LogP contribution in [0.1, 0.15) is 29.6 Å². The van der Waals surface area contributed by atoms with Gasteiger partial charge in [-0.3, -0.25) is 19.5 Å². The van der Waals surface area contributed by atoms with E-state index in [9.17, 15) is 14.7 Å². The van der Waals surface area contributed by atoms with Crippen molar-refractivity contribution in [2.45, 2.75) is 38.0 Å². The van der Waals surface area contributed by atoms with Gasteiger partial charge in [-0.2, -0.15) is 0 Å². The minimum Gasteiger partial charge on any atom is -0.396 e. The molecule has 34 heavy (non-hydrogen) atoms. The number of hydrogen-bond acceptors (Lipinski definition) is 7. The number of hydrogen-bond donors (Lipinski definition) is 2. The molecule has 6 rings (SSSR count). The molecule has 0 aromatic carbocycles. The summed E-state index contributed by atoms with van der Waals surface area (Å²) in [5.74, 6) is -0.142. The number of aliphatic hydroxyl groups is 1. The fraction of sp³-hybridized carbons (Fsp3) is 0.440. The molecule has 3 aromatic rings. The van der Waals surface area contributed by atoms with Gasteiger partial charge in [0.1, 0.15) is 5.01 Å². The highest BCUT2D eigenvalue weighted by Crippen LogP contribution is 2.49. The molecule has 3 aromatic heterocycles. The fourth-order valence-electron chi connectivity index (χ4n) is 5.65. The Labute approximate surface area is 201 Å². The van der Waals surface area contributed by atoms with Crippen LogP contribution >= 0.6 is 11.3 Å². The van der Waals surface area contributed by atoms with E-state index in [-0.39, 0.29) is 36.1 Å². The first-order valence-electron chi connectivity index (χ1n) is 11.8. The van der Waals surface area contributed by atoms with E-state index in [0.717, 1.165) is 29.1 Å². The van der Waals surface area contributed by atoms with Crippen molar-refractivity contribution in [3.63, 3.8) is 0 Å². The van der Waals surface area contributed by atoms with Crippen LogP contribution in [0, 0.1) is 17.8 Å². The van der Waals surface area contributed by atoms with Crippen LogP contribution in [0.2, 0.25) is 0 Å². The molecule has 2 fully saturated rings. The van der Waals surface area contributed by atoms with Gasteiger partial charge in [-0.25, -0.2) is 4.98 Å². The maximum atomic E-state index is 13.6. The highest BCUT2D eigenvalue weighted by molar-refractivity contribution is 7.09. The first-order chi connectivity index (χ1) is 16.7. The first kappa shape index (κ1) is 21.6. The normalized spacial score (nSPS) is 25.8. The third-order valence-electron chi connectivity index (χ3n) is 7.51. The van der Waals surface area contributed by atoms with Crippen molar-refractivity contribution in [2.24, 2.45) is 17.8 Å². The van der Waals surface area contributed by atoms with Gasteiger partial charge < -0.3 is 15.0 Å². The predicted molar refractivity (Wildman–Crippen MR) is 128 cm³/mol. The van der Waals surface area contributed by atoms with Crippen LogP contribution < -0.4 is 10.9 Å². The summed E-state index contributed by atoms with van der Waals surface area (Å²) in [5, 5.41) is 16.5. The Bertz CT molecular complexity index is 1240. The minimum absolute atomic E-state index is 0.0279. The molecule has 8 nitrogen and oxygen atoms in total. The van der Waals surface area contributed by atoms with Crippen molar-refractivity contribution in [3.8, 4) is 11.1 Å². The zero-order chi connectivity index (χ0) is 23.2. The van der Waals surface area contributed by atoms with Gasteiger partial charge in [0.15, 0.2) is 0 Å². The van der Waals surface area contributed by atoms with Crippen LogP contribution in [0.4, 0.5) is 0 Å². The molecular weight excluding hydrogens is 450 g/mol. The molecule has 1 saturated heterocycles. The number of amides is 1. The second kappa shape index (κ2) is 8.72. The predicted octanol–water partition coefficient (Wildman–Crippen LogP) is 2.06. The number of fused-ring (bicyclic) bond motifs is 4. The first-order valence-corrected chi connectivity index (χ1v) is 12.7. The highest BCUT2D eigenvalue weighted by atomic mass is 32.1. The molecular formula is C25H27N5O3S. The number of rotatable bonds is 7. The third kappa shape index (κ3) is 3.68. The number of aliphatic hydroxyl groups excluding tert-OH is 1. The summed E-state index contributed by atoms with van der Waals surface area (Å²) >= 11 is 1.58. The zero-order valence-electron chi connectivity index (χ0n) is 18.7. The van der Waals surface area contributed by atoms with Crippen LogP contribution in [0.15, 0.2) is 53.0 Å². The molecule has 5 heterocycles. The van der Waals surface area contributed by atoms with Crippen molar-refractivity contribution >= 4 is 17.2 Å². The Kier molecular flexibility index (Phi) is 5.55. The fourth-order valence-corrected chi connectivity index (χ4v) is 6.28. The Balaban J connectivity index is 1.42. The van der Waals surface area contributed by atoms with Gasteiger partial charge in [-0.05, 0) is 37.0 Å². The molecule has 0 spiro atoms. The standard InChI is InChI=1S/C25H27N5O3S/c31-14-18-20-12-30-19(6-5-17(25(30)33)16-2-1-7-26-11-16)23(29(20)13-21-27-8-9-34-21)22(18)24(32)28-10-15-3-4-15/h1-2,5-9,11,15,18,20,22-23,31H,3-4,10,12-14H2,(H,28,32)/t18-,20-,22+,23+/m1/s1. The van der Waals surface area contributed by atoms with E-state index in [4.69, 9.17) is 0 Å². The lowest BCUT2D eigenvalue weighted by molar-refractivity contribution is -0.127. The van der Waals surface area contributed by atoms with E-state index in [1.54, 1.807) is 29.9 Å². The summed E-state index contributed by atoms with van der Waals surface area (Å²) in [6.07, 6.45) is 7.49. The van der Waals surface area contributed by atoms with Crippen LogP contribution in [0.5, 0.6) is 0 Å². The number of thiazole rings is 1. The maximum absolute atomic E-state index is 13.6. The average molecular weight is 478 g/mol. The van der Waals surface area contributed by atoms with E-state index < -0.39 is 5.92 Å². The number of nitrogens with one attached hydrogen (secondary N) is 1. The van der Waals surface area contributed by atoms with Crippen molar-refractivity contribution in [1.29, 1.82) is 0 Å². The van der Waals surface area contributed by atoms with Gasteiger partial charge in [-0.1, -0.05) is 6.07 Å². The highest BCUT2D eigenvalue weighted by Gasteiger charge is 2.55. The molecule has 2 N–H and O–H groups in total. The molecule has 2 bridgehead atoms. The van der Waals surface area contributed by atoms with E-state index >= 15 is 0 Å². The van der Waals surface area contributed by atoms with Crippen molar-refractivity contribution in [1.82, 2.24) is 24.8 Å². The molecule has 0 unspecified atom stereocenters. The van der Waals surface area contributed by atoms with E-state index in [1.165, 1.54) is 0 Å². The van der Waals surface area contributed by atoms with Gasteiger partial charge in [-0.15, -0.1) is 11.3 Å². The summed E-state index contributed by atoms with van der Waals surface area (Å²) in [5.41, 5.74) is 2.12. The zero-order valence-corrected chi connectivity index (χ0v) is 19.5. The number of aromatic nitrogens is 3. The third-order valence-corrected chi connectivity index (χ3v) is 8.27. The molecule has 176 valence electrons. The van der Waals surface area contributed by atoms with Gasteiger partial charge in [0.2, 0.25) is 5.91 Å². The van der Waals surface area contributed by atoms with E-state index in [1.807, 2.05) is 34.2 Å². The van der Waals surface area contributed by atoms with Gasteiger partial charge in [0.05, 0.1) is 18.5 Å². The molecule has 3 aliphatic rings. The number of nitrogens with zero attached hydrogens (tertiary/aromatic N) is 4. The summed E-state index contributed by atoms with van der Waals surface area (Å²) < 4.78 is 1.81. The summed E-state index contributed by atoms with van der Waals surface area (Å²) in [6, 6.07) is 7.09. The van der Waals surface area contributed by atoms with Gasteiger partial charge >= 0.3 is 0 Å². The summed E-state index contributed by atoms with van der Waals surface area (Å²) in [7, 11) is 0. The van der Waals surface area contributed by atoms with Crippen molar-refractivity contribution < 1.29 is 9.90 Å². The molecule has 9 heteroatoms. The van der Waals surface area contributed by atoms with Crippen LogP contribution in [-0.4, -0.2) is 49.6 Å². The van der Waals surface area contributed by atoms with Gasteiger partial charge in [0, 0.05) is 72.4 Å². The van der Waals surface area contributed by atoms with E-state index in [2.05, 4.69) is 20.2 Å². The Morgan fingerprint density at radius 2 is 2.12 bits per heavy atom.